The highest BCUT2D eigenvalue weighted by molar-refractivity contribution is 5.98. The van der Waals surface area contributed by atoms with Gasteiger partial charge in [0, 0.05) is 32.3 Å². The van der Waals surface area contributed by atoms with Crippen LogP contribution < -0.4 is 15.0 Å². The third-order valence-corrected chi connectivity index (χ3v) is 4.33. The lowest BCUT2D eigenvalue weighted by Gasteiger charge is -2.20. The average Bonchev–Trinajstić information content (AvgIpc) is 3.11. The van der Waals surface area contributed by atoms with Crippen LogP contribution in [-0.4, -0.2) is 38.1 Å². The van der Waals surface area contributed by atoms with E-state index in [9.17, 15) is 4.79 Å². The molecule has 1 fully saturated rings. The second-order valence-electron chi connectivity index (χ2n) is 5.66. The monoisotopic (exact) mass is 311 g/mol. The zero-order valence-corrected chi connectivity index (χ0v) is 13.5. The van der Waals surface area contributed by atoms with Gasteiger partial charge in [0.1, 0.15) is 11.6 Å². The van der Waals surface area contributed by atoms with Crippen LogP contribution in [0.15, 0.2) is 42.6 Å². The number of hydrogen-bond acceptors (Lipinski definition) is 4. The Morgan fingerprint density at radius 3 is 2.78 bits per heavy atom. The van der Waals surface area contributed by atoms with Gasteiger partial charge in [0.2, 0.25) is 0 Å². The molecule has 1 aliphatic rings. The van der Waals surface area contributed by atoms with Crippen LogP contribution >= 0.6 is 0 Å². The quantitative estimate of drug-likeness (QED) is 0.942. The highest BCUT2D eigenvalue weighted by atomic mass is 16.5. The fourth-order valence-electron chi connectivity index (χ4n) is 3.06. The molecule has 1 unspecified atom stereocenters. The van der Waals surface area contributed by atoms with Gasteiger partial charge in [-0.15, -0.1) is 0 Å². The van der Waals surface area contributed by atoms with Crippen molar-refractivity contribution in [3.63, 3.8) is 0 Å². The molecule has 1 saturated heterocycles. The molecule has 1 aromatic heterocycles. The lowest BCUT2D eigenvalue weighted by Crippen LogP contribution is -2.26. The van der Waals surface area contributed by atoms with E-state index < -0.39 is 0 Å². The number of ether oxygens (including phenoxy) is 1. The minimum absolute atomic E-state index is 0.0963. The van der Waals surface area contributed by atoms with Gasteiger partial charge in [-0.2, -0.15) is 0 Å². The van der Waals surface area contributed by atoms with E-state index in [0.29, 0.717) is 11.5 Å². The summed E-state index contributed by atoms with van der Waals surface area (Å²) in [7, 11) is 3.32. The third kappa shape index (κ3) is 3.13. The minimum Gasteiger partial charge on any atom is -0.497 e. The van der Waals surface area contributed by atoms with Gasteiger partial charge in [-0.25, -0.2) is 4.98 Å². The van der Waals surface area contributed by atoms with Crippen molar-refractivity contribution in [3.05, 3.63) is 53.7 Å². The number of benzene rings is 1. The Morgan fingerprint density at radius 2 is 2.09 bits per heavy atom. The van der Waals surface area contributed by atoms with E-state index in [1.807, 2.05) is 18.2 Å². The summed E-state index contributed by atoms with van der Waals surface area (Å²) in [5, 5.41) is 2.68. The van der Waals surface area contributed by atoms with Crippen molar-refractivity contribution in [2.24, 2.45) is 0 Å². The van der Waals surface area contributed by atoms with Gasteiger partial charge in [0.25, 0.3) is 5.91 Å². The average molecular weight is 311 g/mol. The highest BCUT2D eigenvalue weighted by Crippen LogP contribution is 2.32. The molecule has 3 rings (SSSR count). The van der Waals surface area contributed by atoms with Gasteiger partial charge in [0.05, 0.1) is 12.7 Å². The predicted octanol–water partition coefficient (Wildman–Crippen LogP) is 2.44. The summed E-state index contributed by atoms with van der Waals surface area (Å²) in [6.45, 7) is 1.77. The second kappa shape index (κ2) is 6.69. The van der Waals surface area contributed by atoms with Crippen molar-refractivity contribution in [2.75, 3.05) is 32.1 Å². The van der Waals surface area contributed by atoms with E-state index in [-0.39, 0.29) is 5.91 Å². The molecule has 1 atom stereocenters. The summed E-state index contributed by atoms with van der Waals surface area (Å²) < 4.78 is 5.21. The third-order valence-electron chi connectivity index (χ3n) is 4.33. The molecule has 23 heavy (non-hydrogen) atoms. The molecule has 0 spiro atoms. The molecule has 5 nitrogen and oxygen atoms in total. The molecule has 2 heterocycles. The van der Waals surface area contributed by atoms with Crippen LogP contribution in [0, 0.1) is 0 Å². The molecular weight excluding hydrogens is 290 g/mol. The summed E-state index contributed by atoms with van der Waals surface area (Å²) in [6.07, 6.45) is 2.79. The van der Waals surface area contributed by atoms with E-state index in [1.54, 1.807) is 26.4 Å². The van der Waals surface area contributed by atoms with Gasteiger partial charge in [-0.05, 0) is 36.2 Å². The molecule has 1 N–H and O–H groups in total. The summed E-state index contributed by atoms with van der Waals surface area (Å²) in [4.78, 5) is 18.6. The summed E-state index contributed by atoms with van der Waals surface area (Å²) in [5.41, 5.74) is 1.93. The van der Waals surface area contributed by atoms with Gasteiger partial charge in [0.15, 0.2) is 0 Å². The number of nitrogens with zero attached hydrogens (tertiary/aromatic N) is 2. The molecule has 1 aliphatic heterocycles. The number of carbonyl (C=O) groups excluding carboxylic acids is 1. The first-order chi connectivity index (χ1) is 11.2. The smallest absolute Gasteiger partial charge is 0.254 e. The molecule has 1 aromatic carbocycles. The SMILES string of the molecule is CNC(=O)c1cccnc1N1CCC(c2ccc(OC)cc2)C1. The molecule has 5 heteroatoms. The second-order valence-corrected chi connectivity index (χ2v) is 5.66. The lowest BCUT2D eigenvalue weighted by molar-refractivity contribution is 0.0963. The van der Waals surface area contributed by atoms with Gasteiger partial charge < -0.3 is 15.0 Å². The Balaban J connectivity index is 1.78. The van der Waals surface area contributed by atoms with Crippen LogP contribution in [0.5, 0.6) is 5.75 Å². The Labute approximate surface area is 136 Å². The number of nitrogens with one attached hydrogen (secondary N) is 1. The van der Waals surface area contributed by atoms with Crippen molar-refractivity contribution in [3.8, 4) is 5.75 Å². The van der Waals surface area contributed by atoms with Crippen LogP contribution in [0.1, 0.15) is 28.3 Å². The van der Waals surface area contributed by atoms with E-state index in [2.05, 4.69) is 27.3 Å². The fraction of sp³-hybridized carbons (Fsp3) is 0.333. The highest BCUT2D eigenvalue weighted by Gasteiger charge is 2.27. The van der Waals surface area contributed by atoms with Crippen molar-refractivity contribution < 1.29 is 9.53 Å². The number of carbonyl (C=O) groups is 1. The lowest BCUT2D eigenvalue weighted by atomic mass is 9.98. The van der Waals surface area contributed by atoms with Gasteiger partial charge >= 0.3 is 0 Å². The van der Waals surface area contributed by atoms with E-state index >= 15 is 0 Å². The first kappa shape index (κ1) is 15.3. The molecular formula is C18H21N3O2. The number of pyridine rings is 1. The van der Waals surface area contributed by atoms with E-state index in [0.717, 1.165) is 31.1 Å². The van der Waals surface area contributed by atoms with Crippen molar-refractivity contribution in [1.29, 1.82) is 0 Å². The van der Waals surface area contributed by atoms with Crippen LogP contribution in [0.4, 0.5) is 5.82 Å². The molecule has 0 bridgehead atoms. The Bertz CT molecular complexity index is 685. The zero-order chi connectivity index (χ0) is 16.2. The largest absolute Gasteiger partial charge is 0.497 e. The van der Waals surface area contributed by atoms with Crippen LogP contribution in [0.2, 0.25) is 0 Å². The minimum atomic E-state index is -0.0963. The summed E-state index contributed by atoms with van der Waals surface area (Å²) in [5.74, 6) is 1.99. The predicted molar refractivity (Wildman–Crippen MR) is 90.2 cm³/mol. The van der Waals surface area contributed by atoms with E-state index in [1.165, 1.54) is 5.56 Å². The number of amides is 1. The molecule has 0 saturated carbocycles. The van der Waals surface area contributed by atoms with Gasteiger partial charge in [-0.3, -0.25) is 4.79 Å². The van der Waals surface area contributed by atoms with Crippen molar-refractivity contribution >= 4 is 11.7 Å². The number of rotatable bonds is 4. The number of hydrogen-bond donors (Lipinski definition) is 1. The van der Waals surface area contributed by atoms with Crippen LogP contribution in [-0.2, 0) is 0 Å². The number of anilines is 1. The van der Waals surface area contributed by atoms with Crippen molar-refractivity contribution in [1.82, 2.24) is 10.3 Å². The maximum atomic E-state index is 12.0. The molecule has 0 aliphatic carbocycles. The first-order valence-electron chi connectivity index (χ1n) is 7.79. The number of methoxy groups -OCH3 is 1. The zero-order valence-electron chi connectivity index (χ0n) is 13.5. The molecule has 0 radical (unpaired) electrons. The summed E-state index contributed by atoms with van der Waals surface area (Å²) >= 11 is 0. The molecule has 120 valence electrons. The van der Waals surface area contributed by atoms with Crippen molar-refractivity contribution in [2.45, 2.75) is 12.3 Å². The molecule has 2 aromatic rings. The van der Waals surface area contributed by atoms with Crippen LogP contribution in [0.3, 0.4) is 0 Å². The maximum absolute atomic E-state index is 12.0. The molecule has 1 amide bonds. The van der Waals surface area contributed by atoms with Gasteiger partial charge in [-0.1, -0.05) is 12.1 Å². The fourth-order valence-corrected chi connectivity index (χ4v) is 3.06. The first-order valence-corrected chi connectivity index (χ1v) is 7.79. The number of aromatic nitrogens is 1. The topological polar surface area (TPSA) is 54.5 Å². The van der Waals surface area contributed by atoms with Crippen LogP contribution in [0.25, 0.3) is 0 Å². The standard InChI is InChI=1S/C18H21N3O2/c1-19-18(22)16-4-3-10-20-17(16)21-11-9-14(12-21)13-5-7-15(23-2)8-6-13/h3-8,10,14H,9,11-12H2,1-2H3,(H,19,22). The summed E-state index contributed by atoms with van der Waals surface area (Å²) in [6, 6.07) is 11.8. The van der Waals surface area contributed by atoms with E-state index in [4.69, 9.17) is 4.74 Å². The Hall–Kier alpha value is -2.56. The Morgan fingerprint density at radius 1 is 1.30 bits per heavy atom. The maximum Gasteiger partial charge on any atom is 0.254 e. The normalized spacial score (nSPS) is 17.1. The Kier molecular flexibility index (Phi) is 4.46.